The molecular weight excluding hydrogens is 226 g/mol. The highest BCUT2D eigenvalue weighted by Gasteiger charge is 2.25. The Bertz CT molecular complexity index is 472. The predicted molar refractivity (Wildman–Crippen MR) is 71.7 cm³/mol. The molecule has 0 radical (unpaired) electrons. The molecule has 1 amide bonds. The number of piperazine rings is 1. The highest BCUT2D eigenvalue weighted by Crippen LogP contribution is 2.27. The summed E-state index contributed by atoms with van der Waals surface area (Å²) in [4.78, 5) is 16.2. The van der Waals surface area contributed by atoms with Crippen molar-refractivity contribution >= 4 is 11.6 Å². The zero-order valence-corrected chi connectivity index (χ0v) is 10.8. The minimum atomic E-state index is 0.218. The molecular formula is C14H19N3O. The van der Waals surface area contributed by atoms with E-state index >= 15 is 0 Å². The molecule has 2 aliphatic heterocycles. The number of carbonyl (C=O) groups is 1. The first-order chi connectivity index (χ1) is 8.75. The molecule has 0 spiro atoms. The number of hydrogen-bond acceptors (Lipinski definition) is 3. The summed E-state index contributed by atoms with van der Waals surface area (Å²) in [5.41, 5.74) is 3.83. The van der Waals surface area contributed by atoms with Gasteiger partial charge in [0.2, 0.25) is 5.91 Å². The average Bonchev–Trinajstić information content (AvgIpc) is 2.38. The summed E-state index contributed by atoms with van der Waals surface area (Å²) < 4.78 is 0. The van der Waals surface area contributed by atoms with Gasteiger partial charge in [0.25, 0.3) is 0 Å². The molecule has 18 heavy (non-hydrogen) atoms. The smallest absolute Gasteiger partial charge is 0.241 e. The standard InChI is InChI=1S/C14H19N3O/c1-16-7-8-17(14(18)10-16)13-4-2-3-11-9-15-6-5-12(11)13/h2-4,15H,5-10H2,1H3. The van der Waals surface area contributed by atoms with Crippen LogP contribution < -0.4 is 10.2 Å². The van der Waals surface area contributed by atoms with Gasteiger partial charge in [0.05, 0.1) is 6.54 Å². The zero-order valence-electron chi connectivity index (χ0n) is 10.8. The normalized spacial score (nSPS) is 20.9. The van der Waals surface area contributed by atoms with Crippen LogP contribution in [0.25, 0.3) is 0 Å². The van der Waals surface area contributed by atoms with Crippen molar-refractivity contribution in [2.75, 3.05) is 38.1 Å². The van der Waals surface area contributed by atoms with Crippen molar-refractivity contribution < 1.29 is 4.79 Å². The number of amides is 1. The van der Waals surface area contributed by atoms with Crippen LogP contribution in [0, 0.1) is 0 Å². The zero-order chi connectivity index (χ0) is 12.5. The summed E-state index contributed by atoms with van der Waals surface area (Å²) in [6.07, 6.45) is 1.02. The lowest BCUT2D eigenvalue weighted by Gasteiger charge is -2.34. The number of hydrogen-bond donors (Lipinski definition) is 1. The van der Waals surface area contributed by atoms with Gasteiger partial charge in [0.1, 0.15) is 0 Å². The Balaban J connectivity index is 1.94. The van der Waals surface area contributed by atoms with E-state index in [-0.39, 0.29) is 5.91 Å². The number of carbonyl (C=O) groups excluding carboxylic acids is 1. The van der Waals surface area contributed by atoms with Crippen molar-refractivity contribution in [3.8, 4) is 0 Å². The highest BCUT2D eigenvalue weighted by molar-refractivity contribution is 5.96. The van der Waals surface area contributed by atoms with Crippen LogP contribution in [0.2, 0.25) is 0 Å². The van der Waals surface area contributed by atoms with Gasteiger partial charge < -0.3 is 10.2 Å². The van der Waals surface area contributed by atoms with E-state index in [0.717, 1.165) is 38.3 Å². The number of anilines is 1. The average molecular weight is 245 g/mol. The first-order valence-electron chi connectivity index (χ1n) is 6.56. The van der Waals surface area contributed by atoms with Crippen LogP contribution in [-0.4, -0.2) is 44.0 Å². The second-order valence-electron chi connectivity index (χ2n) is 5.12. The topological polar surface area (TPSA) is 35.6 Å². The maximum Gasteiger partial charge on any atom is 0.241 e. The van der Waals surface area contributed by atoms with Crippen molar-refractivity contribution in [2.24, 2.45) is 0 Å². The Hall–Kier alpha value is -1.39. The van der Waals surface area contributed by atoms with E-state index in [1.54, 1.807) is 0 Å². The first kappa shape index (κ1) is 11.7. The van der Waals surface area contributed by atoms with E-state index in [9.17, 15) is 4.79 Å². The second-order valence-corrected chi connectivity index (χ2v) is 5.12. The molecule has 1 N–H and O–H groups in total. The maximum absolute atomic E-state index is 12.2. The Morgan fingerprint density at radius 2 is 2.17 bits per heavy atom. The number of fused-ring (bicyclic) bond motifs is 1. The van der Waals surface area contributed by atoms with Gasteiger partial charge in [0.15, 0.2) is 0 Å². The Labute approximate surface area is 108 Å². The third-order valence-electron chi connectivity index (χ3n) is 3.82. The van der Waals surface area contributed by atoms with Crippen LogP contribution in [0.1, 0.15) is 11.1 Å². The largest absolute Gasteiger partial charge is 0.312 e. The Morgan fingerprint density at radius 1 is 1.28 bits per heavy atom. The summed E-state index contributed by atoms with van der Waals surface area (Å²) in [6.45, 7) is 4.21. The van der Waals surface area contributed by atoms with E-state index < -0.39 is 0 Å². The van der Waals surface area contributed by atoms with Crippen molar-refractivity contribution in [3.05, 3.63) is 29.3 Å². The van der Waals surface area contributed by atoms with Crippen LogP contribution in [0.4, 0.5) is 5.69 Å². The molecule has 0 saturated carbocycles. The summed E-state index contributed by atoms with van der Waals surface area (Å²) in [5.74, 6) is 0.218. The summed E-state index contributed by atoms with van der Waals surface area (Å²) in [6, 6.07) is 6.31. The van der Waals surface area contributed by atoms with Crippen LogP contribution in [0.5, 0.6) is 0 Å². The van der Waals surface area contributed by atoms with Crippen LogP contribution in [-0.2, 0) is 17.8 Å². The fourth-order valence-corrected chi connectivity index (χ4v) is 2.81. The minimum absolute atomic E-state index is 0.218. The molecule has 1 aromatic rings. The van der Waals surface area contributed by atoms with Crippen LogP contribution in [0.15, 0.2) is 18.2 Å². The molecule has 0 atom stereocenters. The van der Waals surface area contributed by atoms with Gasteiger partial charge in [0, 0.05) is 25.3 Å². The van der Waals surface area contributed by atoms with E-state index in [4.69, 9.17) is 0 Å². The van der Waals surface area contributed by atoms with Crippen LogP contribution in [0.3, 0.4) is 0 Å². The molecule has 1 aromatic carbocycles. The van der Waals surface area contributed by atoms with Gasteiger partial charge in [-0.1, -0.05) is 12.1 Å². The number of nitrogens with zero attached hydrogens (tertiary/aromatic N) is 2. The molecule has 96 valence electrons. The molecule has 0 bridgehead atoms. The molecule has 4 nitrogen and oxygen atoms in total. The van der Waals surface area contributed by atoms with Crippen molar-refractivity contribution in [2.45, 2.75) is 13.0 Å². The van der Waals surface area contributed by atoms with Gasteiger partial charge in [-0.25, -0.2) is 0 Å². The van der Waals surface area contributed by atoms with Crippen molar-refractivity contribution in [3.63, 3.8) is 0 Å². The fourth-order valence-electron chi connectivity index (χ4n) is 2.81. The third-order valence-corrected chi connectivity index (χ3v) is 3.82. The number of likely N-dealkylation sites (N-methyl/N-ethyl adjacent to an activating group) is 1. The van der Waals surface area contributed by atoms with Crippen molar-refractivity contribution in [1.82, 2.24) is 10.2 Å². The number of benzene rings is 1. The molecule has 2 heterocycles. The molecule has 3 rings (SSSR count). The quantitative estimate of drug-likeness (QED) is 0.787. The van der Waals surface area contributed by atoms with E-state index in [0.29, 0.717) is 6.54 Å². The van der Waals surface area contributed by atoms with Gasteiger partial charge in [-0.05, 0) is 37.2 Å². The minimum Gasteiger partial charge on any atom is -0.312 e. The Morgan fingerprint density at radius 3 is 3.00 bits per heavy atom. The second kappa shape index (κ2) is 4.71. The molecule has 0 aliphatic carbocycles. The van der Waals surface area contributed by atoms with Gasteiger partial charge in [-0.2, -0.15) is 0 Å². The Kier molecular flexibility index (Phi) is 3.06. The molecule has 0 aromatic heterocycles. The molecule has 4 heteroatoms. The third kappa shape index (κ3) is 2.02. The lowest BCUT2D eigenvalue weighted by atomic mass is 9.98. The van der Waals surface area contributed by atoms with Crippen LogP contribution >= 0.6 is 0 Å². The molecule has 0 unspecified atom stereocenters. The predicted octanol–water partition coefficient (Wildman–Crippen LogP) is 0.611. The van der Waals surface area contributed by atoms with Gasteiger partial charge >= 0.3 is 0 Å². The summed E-state index contributed by atoms with van der Waals surface area (Å²) in [7, 11) is 2.00. The lowest BCUT2D eigenvalue weighted by molar-refractivity contribution is -0.120. The van der Waals surface area contributed by atoms with Crippen molar-refractivity contribution in [1.29, 1.82) is 0 Å². The maximum atomic E-state index is 12.2. The number of rotatable bonds is 1. The van der Waals surface area contributed by atoms with Gasteiger partial charge in [-0.15, -0.1) is 0 Å². The monoisotopic (exact) mass is 245 g/mol. The molecule has 1 fully saturated rings. The highest BCUT2D eigenvalue weighted by atomic mass is 16.2. The van der Waals surface area contributed by atoms with E-state index in [1.165, 1.54) is 11.1 Å². The SMILES string of the molecule is CN1CCN(c2cccc3c2CCNC3)C(=O)C1. The summed E-state index contributed by atoms with van der Waals surface area (Å²) in [5, 5.41) is 3.38. The summed E-state index contributed by atoms with van der Waals surface area (Å²) >= 11 is 0. The van der Waals surface area contributed by atoms with E-state index in [1.807, 2.05) is 11.9 Å². The molecule has 2 aliphatic rings. The lowest BCUT2D eigenvalue weighted by Crippen LogP contribution is -2.49. The number of nitrogens with one attached hydrogen (secondary N) is 1. The fraction of sp³-hybridized carbons (Fsp3) is 0.500. The van der Waals surface area contributed by atoms with Gasteiger partial charge in [-0.3, -0.25) is 9.69 Å². The first-order valence-corrected chi connectivity index (χ1v) is 6.56. The molecule has 1 saturated heterocycles. The van der Waals surface area contributed by atoms with E-state index in [2.05, 4.69) is 28.4 Å².